The number of nitrogens with zero attached hydrogens (tertiary/aromatic N) is 1. The second-order valence-electron chi connectivity index (χ2n) is 6.35. The number of likely N-dealkylation sites (tertiary alicyclic amines) is 1. The van der Waals surface area contributed by atoms with Crippen molar-refractivity contribution in [3.05, 3.63) is 36.4 Å². The van der Waals surface area contributed by atoms with Crippen molar-refractivity contribution in [2.75, 3.05) is 40.0 Å². The maximum Gasteiger partial charge on any atom is 0.161 e. The Morgan fingerprint density at radius 3 is 3.00 bits per heavy atom. The molecule has 2 fully saturated rings. The fourth-order valence-corrected chi connectivity index (χ4v) is 3.47. The van der Waals surface area contributed by atoms with Crippen LogP contribution in [-0.2, 0) is 11.3 Å². The van der Waals surface area contributed by atoms with Crippen molar-refractivity contribution in [2.45, 2.75) is 19.4 Å². The quantitative estimate of drug-likeness (QED) is 0.756. The van der Waals surface area contributed by atoms with Crippen molar-refractivity contribution in [3.8, 4) is 11.5 Å². The summed E-state index contributed by atoms with van der Waals surface area (Å²) in [4.78, 5) is 2.52. The molecule has 0 N–H and O–H groups in total. The second kappa shape index (κ2) is 6.71. The van der Waals surface area contributed by atoms with Crippen molar-refractivity contribution >= 4 is 0 Å². The maximum atomic E-state index is 5.61. The molecule has 0 aliphatic carbocycles. The van der Waals surface area contributed by atoms with Crippen LogP contribution in [0.1, 0.15) is 18.4 Å². The molecular formula is C18H25NO3. The molecule has 4 heteroatoms. The van der Waals surface area contributed by atoms with Gasteiger partial charge in [0, 0.05) is 25.1 Å². The summed E-state index contributed by atoms with van der Waals surface area (Å²) in [5.41, 5.74) is 1.68. The predicted molar refractivity (Wildman–Crippen MR) is 86.4 cm³/mol. The summed E-state index contributed by atoms with van der Waals surface area (Å²) in [5, 5.41) is 0. The van der Waals surface area contributed by atoms with E-state index in [-0.39, 0.29) is 0 Å². The third kappa shape index (κ3) is 3.28. The van der Waals surface area contributed by atoms with Crippen LogP contribution < -0.4 is 9.47 Å². The minimum atomic E-state index is 0.414. The highest BCUT2D eigenvalue weighted by atomic mass is 16.5. The van der Waals surface area contributed by atoms with Crippen LogP contribution in [0.15, 0.2) is 30.9 Å². The Bertz CT molecular complexity index is 523. The molecule has 2 heterocycles. The molecule has 2 aliphatic rings. The molecule has 22 heavy (non-hydrogen) atoms. The molecule has 2 aliphatic heterocycles. The zero-order chi connectivity index (χ0) is 15.4. The van der Waals surface area contributed by atoms with Gasteiger partial charge >= 0.3 is 0 Å². The number of benzene rings is 1. The Morgan fingerprint density at radius 2 is 2.27 bits per heavy atom. The summed E-state index contributed by atoms with van der Waals surface area (Å²) in [6.45, 7) is 9.27. The smallest absolute Gasteiger partial charge is 0.161 e. The molecule has 1 aromatic carbocycles. The lowest BCUT2D eigenvalue weighted by Gasteiger charge is -2.22. The van der Waals surface area contributed by atoms with Gasteiger partial charge in [-0.3, -0.25) is 4.90 Å². The Labute approximate surface area is 132 Å². The van der Waals surface area contributed by atoms with Gasteiger partial charge in [0.15, 0.2) is 11.5 Å². The lowest BCUT2D eigenvalue weighted by molar-refractivity contribution is 0.151. The monoisotopic (exact) mass is 303 g/mol. The van der Waals surface area contributed by atoms with Crippen LogP contribution in [0.25, 0.3) is 0 Å². The van der Waals surface area contributed by atoms with E-state index in [2.05, 4.69) is 23.6 Å². The molecule has 1 aromatic rings. The third-order valence-corrected chi connectivity index (χ3v) is 4.69. The van der Waals surface area contributed by atoms with Gasteiger partial charge in [0.05, 0.1) is 13.7 Å². The molecule has 0 bridgehead atoms. The van der Waals surface area contributed by atoms with E-state index in [1.807, 2.05) is 6.07 Å². The Balaban J connectivity index is 1.64. The van der Waals surface area contributed by atoms with Crippen molar-refractivity contribution in [1.29, 1.82) is 0 Å². The summed E-state index contributed by atoms with van der Waals surface area (Å²) < 4.78 is 16.6. The van der Waals surface area contributed by atoms with Gasteiger partial charge in [-0.2, -0.15) is 0 Å². The van der Waals surface area contributed by atoms with Crippen molar-refractivity contribution in [2.24, 2.45) is 5.41 Å². The lowest BCUT2D eigenvalue weighted by Crippen LogP contribution is -2.27. The van der Waals surface area contributed by atoms with Gasteiger partial charge in [-0.1, -0.05) is 18.7 Å². The average molecular weight is 303 g/mol. The van der Waals surface area contributed by atoms with E-state index in [0.717, 1.165) is 44.3 Å². The summed E-state index contributed by atoms with van der Waals surface area (Å²) in [6.07, 6.45) is 4.20. The number of hydrogen-bond donors (Lipinski definition) is 0. The summed E-state index contributed by atoms with van der Waals surface area (Å²) >= 11 is 0. The van der Waals surface area contributed by atoms with Crippen LogP contribution in [-0.4, -0.2) is 44.9 Å². The first-order chi connectivity index (χ1) is 10.7. The minimum Gasteiger partial charge on any atom is -0.493 e. The topological polar surface area (TPSA) is 30.9 Å². The van der Waals surface area contributed by atoms with Crippen LogP contribution in [0.4, 0.5) is 0 Å². The van der Waals surface area contributed by atoms with Crippen molar-refractivity contribution in [3.63, 3.8) is 0 Å². The van der Waals surface area contributed by atoms with E-state index in [4.69, 9.17) is 14.2 Å². The number of ether oxygens (including phenoxy) is 3. The van der Waals surface area contributed by atoms with E-state index >= 15 is 0 Å². The Kier molecular flexibility index (Phi) is 4.69. The highest BCUT2D eigenvalue weighted by Crippen LogP contribution is 2.39. The van der Waals surface area contributed by atoms with Crippen LogP contribution in [0.5, 0.6) is 11.5 Å². The molecular weight excluding hydrogens is 278 g/mol. The van der Waals surface area contributed by atoms with Crippen molar-refractivity contribution in [1.82, 2.24) is 4.90 Å². The second-order valence-corrected chi connectivity index (χ2v) is 6.35. The Hall–Kier alpha value is -1.52. The molecule has 120 valence electrons. The van der Waals surface area contributed by atoms with E-state index in [1.54, 1.807) is 13.2 Å². The van der Waals surface area contributed by atoms with Gasteiger partial charge in [-0.25, -0.2) is 0 Å². The summed E-state index contributed by atoms with van der Waals surface area (Å²) in [6, 6.07) is 6.19. The zero-order valence-electron chi connectivity index (χ0n) is 13.3. The standard InChI is InChI=1S/C18H25NO3/c1-3-9-22-16-5-4-15(11-17(16)20-2)12-19-8-6-18(13-19)7-10-21-14-18/h3-5,11H,1,6-10,12-14H2,2H3/t18-/m0/s1. The minimum absolute atomic E-state index is 0.414. The van der Waals surface area contributed by atoms with Gasteiger partial charge in [0.1, 0.15) is 6.61 Å². The fourth-order valence-electron chi connectivity index (χ4n) is 3.47. The molecule has 0 aromatic heterocycles. The summed E-state index contributed by atoms with van der Waals surface area (Å²) in [7, 11) is 1.68. The molecule has 2 saturated heterocycles. The normalized spacial score (nSPS) is 24.8. The Morgan fingerprint density at radius 1 is 1.36 bits per heavy atom. The molecule has 0 radical (unpaired) electrons. The molecule has 0 unspecified atom stereocenters. The first-order valence-electron chi connectivity index (χ1n) is 7.95. The van der Waals surface area contributed by atoms with Gasteiger partial charge in [-0.05, 0) is 37.1 Å². The zero-order valence-corrected chi connectivity index (χ0v) is 13.3. The molecule has 1 atom stereocenters. The van der Waals surface area contributed by atoms with E-state index in [0.29, 0.717) is 12.0 Å². The molecule has 3 rings (SSSR count). The van der Waals surface area contributed by atoms with E-state index < -0.39 is 0 Å². The van der Waals surface area contributed by atoms with E-state index in [1.165, 1.54) is 18.4 Å². The van der Waals surface area contributed by atoms with E-state index in [9.17, 15) is 0 Å². The predicted octanol–water partition coefficient (Wildman–Crippen LogP) is 2.87. The molecule has 4 nitrogen and oxygen atoms in total. The van der Waals surface area contributed by atoms with Gasteiger partial charge in [-0.15, -0.1) is 0 Å². The van der Waals surface area contributed by atoms with Gasteiger partial charge in [0.25, 0.3) is 0 Å². The fraction of sp³-hybridized carbons (Fsp3) is 0.556. The summed E-state index contributed by atoms with van der Waals surface area (Å²) in [5.74, 6) is 1.56. The highest BCUT2D eigenvalue weighted by molar-refractivity contribution is 5.43. The van der Waals surface area contributed by atoms with Crippen molar-refractivity contribution < 1.29 is 14.2 Å². The van der Waals surface area contributed by atoms with Crippen LogP contribution >= 0.6 is 0 Å². The largest absolute Gasteiger partial charge is 0.493 e. The number of methoxy groups -OCH3 is 1. The first-order valence-corrected chi connectivity index (χ1v) is 7.95. The van der Waals surface area contributed by atoms with Gasteiger partial charge < -0.3 is 14.2 Å². The number of hydrogen-bond acceptors (Lipinski definition) is 4. The van der Waals surface area contributed by atoms with Gasteiger partial charge in [0.2, 0.25) is 0 Å². The SMILES string of the molecule is C=CCOc1ccc(CN2CC[C@]3(CCOC3)C2)cc1OC. The maximum absolute atomic E-state index is 5.61. The van der Waals surface area contributed by atoms with Crippen LogP contribution in [0.2, 0.25) is 0 Å². The first kappa shape index (κ1) is 15.4. The lowest BCUT2D eigenvalue weighted by atomic mass is 9.87. The third-order valence-electron chi connectivity index (χ3n) is 4.69. The number of rotatable bonds is 6. The molecule has 0 saturated carbocycles. The molecule has 1 spiro atoms. The average Bonchev–Trinajstić information content (AvgIpc) is 3.16. The van der Waals surface area contributed by atoms with Crippen LogP contribution in [0.3, 0.4) is 0 Å². The van der Waals surface area contributed by atoms with Crippen LogP contribution in [0, 0.1) is 5.41 Å². The molecule has 0 amide bonds. The highest BCUT2D eigenvalue weighted by Gasteiger charge is 2.40.